The lowest BCUT2D eigenvalue weighted by Crippen LogP contribution is -2.18. The fraction of sp³-hybridized carbons (Fsp3) is 0.524. The fourth-order valence-corrected chi connectivity index (χ4v) is 2.67. The summed E-state index contributed by atoms with van der Waals surface area (Å²) >= 11 is 0. The summed E-state index contributed by atoms with van der Waals surface area (Å²) < 4.78 is 5.19. The molecule has 0 unspecified atom stereocenters. The van der Waals surface area contributed by atoms with E-state index >= 15 is 0 Å². The first-order valence-corrected chi connectivity index (χ1v) is 9.40. The van der Waals surface area contributed by atoms with E-state index in [1.807, 2.05) is 26.8 Å². The van der Waals surface area contributed by atoms with Crippen LogP contribution in [0.5, 0.6) is 0 Å². The number of nitrogens with one attached hydrogen (secondary N) is 1. The molecule has 144 valence electrons. The topological polar surface area (TPSA) is 54.5 Å². The van der Waals surface area contributed by atoms with Crippen molar-refractivity contribution >= 4 is 22.6 Å². The van der Waals surface area contributed by atoms with Crippen molar-refractivity contribution < 1.29 is 9.53 Å². The van der Waals surface area contributed by atoms with Gasteiger partial charge in [0.2, 0.25) is 0 Å². The van der Waals surface area contributed by atoms with Gasteiger partial charge in [0, 0.05) is 18.1 Å². The van der Waals surface area contributed by atoms with Crippen LogP contribution in [0.1, 0.15) is 48.7 Å². The second-order valence-corrected chi connectivity index (χ2v) is 6.25. The minimum Gasteiger partial charge on any atom is -0.462 e. The molecular weight excluding hydrogens is 326 g/mol. The highest BCUT2D eigenvalue weighted by Gasteiger charge is 2.17. The van der Waals surface area contributed by atoms with Gasteiger partial charge in [-0.25, -0.2) is 4.79 Å². The normalized spacial score (nSPS) is 10.5. The zero-order chi connectivity index (χ0) is 19.7. The Labute approximate surface area is 157 Å². The van der Waals surface area contributed by atoms with Gasteiger partial charge in [-0.2, -0.15) is 0 Å². The molecule has 1 N–H and O–H groups in total. The van der Waals surface area contributed by atoms with E-state index in [-0.39, 0.29) is 5.97 Å². The van der Waals surface area contributed by atoms with E-state index in [9.17, 15) is 4.79 Å². The largest absolute Gasteiger partial charge is 0.462 e. The average Bonchev–Trinajstić information content (AvgIpc) is 2.63. The second kappa shape index (κ2) is 10.8. The molecule has 1 aromatic carbocycles. The number of ether oxygens (including phenoxy) is 1. The molecule has 0 saturated heterocycles. The van der Waals surface area contributed by atoms with Crippen LogP contribution in [0, 0.1) is 13.8 Å². The molecule has 5 heteroatoms. The molecule has 0 fully saturated rings. The van der Waals surface area contributed by atoms with Gasteiger partial charge >= 0.3 is 5.97 Å². The number of hydrogen-bond donors (Lipinski definition) is 1. The Morgan fingerprint density at radius 2 is 1.92 bits per heavy atom. The van der Waals surface area contributed by atoms with Gasteiger partial charge in [0.1, 0.15) is 5.56 Å². The summed E-state index contributed by atoms with van der Waals surface area (Å²) in [5.41, 5.74) is 4.58. The number of pyridine rings is 1. The molecule has 5 nitrogen and oxygen atoms in total. The Morgan fingerprint density at radius 1 is 1.23 bits per heavy atom. The Balaban J connectivity index is 0.00000163. The van der Waals surface area contributed by atoms with Crippen LogP contribution in [0.3, 0.4) is 0 Å². The van der Waals surface area contributed by atoms with Gasteiger partial charge in [-0.1, -0.05) is 26.0 Å². The van der Waals surface area contributed by atoms with Crippen LogP contribution < -0.4 is 5.32 Å². The molecule has 2 aromatic rings. The molecule has 0 aliphatic heterocycles. The first kappa shape index (κ1) is 21.9. The van der Waals surface area contributed by atoms with Gasteiger partial charge in [0.15, 0.2) is 0 Å². The molecular formula is C21H33N3O2. The molecule has 0 bridgehead atoms. The van der Waals surface area contributed by atoms with Crippen LogP contribution in [0.2, 0.25) is 0 Å². The summed E-state index contributed by atoms with van der Waals surface area (Å²) in [6.07, 6.45) is 2.62. The zero-order valence-electron chi connectivity index (χ0n) is 17.3. The van der Waals surface area contributed by atoms with Crippen molar-refractivity contribution in [2.24, 2.45) is 0 Å². The summed E-state index contributed by atoms with van der Waals surface area (Å²) in [7, 11) is 4.11. The van der Waals surface area contributed by atoms with Gasteiger partial charge in [-0.05, 0) is 59.0 Å². The van der Waals surface area contributed by atoms with E-state index in [2.05, 4.69) is 49.2 Å². The molecule has 26 heavy (non-hydrogen) atoms. The number of esters is 1. The summed E-state index contributed by atoms with van der Waals surface area (Å²) in [6.45, 7) is 12.1. The summed E-state index contributed by atoms with van der Waals surface area (Å²) in [4.78, 5) is 18.9. The Hall–Kier alpha value is -2.14. The Bertz CT molecular complexity index is 727. The van der Waals surface area contributed by atoms with Crippen molar-refractivity contribution in [2.75, 3.05) is 39.1 Å². The number of hydrogen-bond acceptors (Lipinski definition) is 5. The molecule has 0 amide bonds. The highest BCUT2D eigenvalue weighted by Crippen LogP contribution is 2.29. The molecule has 1 aromatic heterocycles. The predicted molar refractivity (Wildman–Crippen MR) is 110 cm³/mol. The van der Waals surface area contributed by atoms with Crippen LogP contribution >= 0.6 is 0 Å². The number of nitrogens with zero attached hydrogens (tertiary/aromatic N) is 2. The maximum absolute atomic E-state index is 12.3. The quantitative estimate of drug-likeness (QED) is 0.586. The van der Waals surface area contributed by atoms with Crippen LogP contribution in [0.15, 0.2) is 18.3 Å². The van der Waals surface area contributed by atoms with Crippen molar-refractivity contribution in [1.82, 2.24) is 9.88 Å². The van der Waals surface area contributed by atoms with Gasteiger partial charge in [0.05, 0.1) is 17.8 Å². The highest BCUT2D eigenvalue weighted by molar-refractivity contribution is 6.05. The summed E-state index contributed by atoms with van der Waals surface area (Å²) in [5, 5.41) is 4.40. The Morgan fingerprint density at radius 3 is 2.54 bits per heavy atom. The number of anilines is 1. The average molecular weight is 360 g/mol. The first-order chi connectivity index (χ1) is 12.5. The molecule has 0 saturated carbocycles. The number of carbonyl (C=O) groups excluding carboxylic acids is 1. The highest BCUT2D eigenvalue weighted by atomic mass is 16.5. The number of carbonyl (C=O) groups is 1. The number of aromatic nitrogens is 1. The summed E-state index contributed by atoms with van der Waals surface area (Å²) in [5.74, 6) is -0.333. The van der Waals surface area contributed by atoms with Crippen molar-refractivity contribution in [3.8, 4) is 0 Å². The minimum absolute atomic E-state index is 0.333. The summed E-state index contributed by atoms with van der Waals surface area (Å²) in [6, 6.07) is 4.10. The molecule has 0 aliphatic carbocycles. The van der Waals surface area contributed by atoms with Crippen molar-refractivity contribution in [2.45, 2.75) is 41.0 Å². The van der Waals surface area contributed by atoms with Crippen LogP contribution in [-0.2, 0) is 4.74 Å². The molecule has 0 radical (unpaired) electrons. The smallest absolute Gasteiger partial charge is 0.341 e. The number of aryl methyl sites for hydroxylation is 2. The maximum Gasteiger partial charge on any atom is 0.341 e. The van der Waals surface area contributed by atoms with Crippen LogP contribution in [-0.4, -0.2) is 49.6 Å². The van der Waals surface area contributed by atoms with E-state index < -0.39 is 0 Å². The van der Waals surface area contributed by atoms with E-state index in [1.54, 1.807) is 6.20 Å². The van der Waals surface area contributed by atoms with Gasteiger partial charge in [-0.3, -0.25) is 4.98 Å². The standard InChI is InChI=1S/C19H27N3O2.C2H6/c1-6-24-19(23)16-12-21-17-14(3)13(2)8-9-15(17)18(16)20-10-7-11-22(4)5;1-2/h8-9,12H,6-7,10-11H2,1-5H3,(H,20,21);1-2H3. The molecule has 0 aliphatic rings. The molecule has 0 spiro atoms. The number of fused-ring (bicyclic) bond motifs is 1. The van der Waals surface area contributed by atoms with Crippen molar-refractivity contribution in [1.29, 1.82) is 0 Å². The lowest BCUT2D eigenvalue weighted by atomic mass is 10.0. The molecule has 2 rings (SSSR count). The zero-order valence-corrected chi connectivity index (χ0v) is 17.3. The predicted octanol–water partition coefficient (Wildman–Crippen LogP) is 4.42. The molecule has 1 heterocycles. The third kappa shape index (κ3) is 5.43. The molecule has 0 atom stereocenters. The fourth-order valence-electron chi connectivity index (χ4n) is 2.67. The Kier molecular flexibility index (Phi) is 9.07. The van der Waals surface area contributed by atoms with Crippen LogP contribution in [0.25, 0.3) is 10.9 Å². The third-order valence-electron chi connectivity index (χ3n) is 4.14. The monoisotopic (exact) mass is 359 g/mol. The van der Waals surface area contributed by atoms with E-state index in [0.717, 1.165) is 41.7 Å². The number of benzene rings is 1. The minimum atomic E-state index is -0.333. The SMILES string of the molecule is CC.CCOC(=O)c1cnc2c(C)c(C)ccc2c1NCCCN(C)C. The second-order valence-electron chi connectivity index (χ2n) is 6.25. The van der Waals surface area contributed by atoms with E-state index in [4.69, 9.17) is 4.74 Å². The maximum atomic E-state index is 12.3. The van der Waals surface area contributed by atoms with Crippen LogP contribution in [0.4, 0.5) is 5.69 Å². The van der Waals surface area contributed by atoms with Gasteiger partial charge in [-0.15, -0.1) is 0 Å². The third-order valence-corrected chi connectivity index (χ3v) is 4.14. The van der Waals surface area contributed by atoms with Gasteiger partial charge in [0.25, 0.3) is 0 Å². The van der Waals surface area contributed by atoms with Crippen molar-refractivity contribution in [3.05, 3.63) is 35.0 Å². The van der Waals surface area contributed by atoms with E-state index in [1.165, 1.54) is 5.56 Å². The van der Waals surface area contributed by atoms with E-state index in [0.29, 0.717) is 12.2 Å². The van der Waals surface area contributed by atoms with Gasteiger partial charge < -0.3 is 15.0 Å². The first-order valence-electron chi connectivity index (χ1n) is 9.40. The van der Waals surface area contributed by atoms with Crippen molar-refractivity contribution in [3.63, 3.8) is 0 Å². The lowest BCUT2D eigenvalue weighted by molar-refractivity contribution is 0.0527. The lowest BCUT2D eigenvalue weighted by Gasteiger charge is -2.16. The number of rotatable bonds is 7.